The minimum atomic E-state index is 0.780. The van der Waals surface area contributed by atoms with Crippen LogP contribution in [0.1, 0.15) is 58.4 Å². The fourth-order valence-electron chi connectivity index (χ4n) is 2.77. The van der Waals surface area contributed by atoms with Gasteiger partial charge in [-0.3, -0.25) is 4.98 Å². The SMILES string of the molecule is CCCC(CCC)CC(C)Cc1cccnc1. The second-order valence-corrected chi connectivity index (χ2v) is 5.35. The van der Waals surface area contributed by atoms with E-state index in [0.717, 1.165) is 11.8 Å². The van der Waals surface area contributed by atoms with E-state index in [0.29, 0.717) is 0 Å². The van der Waals surface area contributed by atoms with Gasteiger partial charge in [-0.15, -0.1) is 0 Å². The van der Waals surface area contributed by atoms with Crippen LogP contribution in [0.25, 0.3) is 0 Å². The molecule has 0 N–H and O–H groups in total. The first-order valence-corrected chi connectivity index (χ1v) is 7.15. The van der Waals surface area contributed by atoms with Gasteiger partial charge in [0.05, 0.1) is 0 Å². The third-order valence-corrected chi connectivity index (χ3v) is 3.44. The van der Waals surface area contributed by atoms with Crippen LogP contribution in [-0.4, -0.2) is 4.98 Å². The molecular formula is C16H27N. The van der Waals surface area contributed by atoms with E-state index in [2.05, 4.69) is 31.8 Å². The smallest absolute Gasteiger partial charge is 0.0299 e. The molecule has 17 heavy (non-hydrogen) atoms. The summed E-state index contributed by atoms with van der Waals surface area (Å²) in [5.41, 5.74) is 1.38. The second-order valence-electron chi connectivity index (χ2n) is 5.35. The van der Waals surface area contributed by atoms with E-state index in [1.165, 1.54) is 44.1 Å². The van der Waals surface area contributed by atoms with E-state index in [-0.39, 0.29) is 0 Å². The molecule has 0 bridgehead atoms. The zero-order valence-electron chi connectivity index (χ0n) is 11.7. The maximum absolute atomic E-state index is 4.19. The van der Waals surface area contributed by atoms with Crippen molar-refractivity contribution in [3.05, 3.63) is 30.1 Å². The maximum Gasteiger partial charge on any atom is 0.0299 e. The number of nitrogens with zero attached hydrogens (tertiary/aromatic N) is 1. The summed E-state index contributed by atoms with van der Waals surface area (Å²) < 4.78 is 0. The Bertz CT molecular complexity index is 275. The fraction of sp³-hybridized carbons (Fsp3) is 0.688. The highest BCUT2D eigenvalue weighted by Crippen LogP contribution is 2.24. The van der Waals surface area contributed by atoms with E-state index < -0.39 is 0 Å². The normalized spacial score (nSPS) is 12.9. The van der Waals surface area contributed by atoms with Crippen molar-refractivity contribution in [2.45, 2.75) is 59.3 Å². The van der Waals surface area contributed by atoms with Crippen molar-refractivity contribution in [2.75, 3.05) is 0 Å². The Labute approximate surface area is 107 Å². The number of hydrogen-bond acceptors (Lipinski definition) is 1. The van der Waals surface area contributed by atoms with Crippen LogP contribution in [0.3, 0.4) is 0 Å². The van der Waals surface area contributed by atoms with Gasteiger partial charge in [0, 0.05) is 12.4 Å². The van der Waals surface area contributed by atoms with Crippen molar-refractivity contribution in [3.8, 4) is 0 Å². The molecule has 0 radical (unpaired) electrons. The van der Waals surface area contributed by atoms with Crippen LogP contribution in [0.2, 0.25) is 0 Å². The third kappa shape index (κ3) is 5.86. The lowest BCUT2D eigenvalue weighted by atomic mass is 9.86. The van der Waals surface area contributed by atoms with Gasteiger partial charge in [-0.25, -0.2) is 0 Å². The molecule has 96 valence electrons. The molecule has 0 spiro atoms. The molecule has 1 rings (SSSR count). The molecule has 0 saturated carbocycles. The summed E-state index contributed by atoms with van der Waals surface area (Å²) in [7, 11) is 0. The molecule has 0 aromatic carbocycles. The van der Waals surface area contributed by atoms with Crippen molar-refractivity contribution in [2.24, 2.45) is 11.8 Å². The standard InChI is InChI=1S/C16H27N/c1-4-7-15(8-5-2)11-14(3)12-16-9-6-10-17-13-16/h6,9-10,13-15H,4-5,7-8,11-12H2,1-3H3. The Morgan fingerprint density at radius 3 is 2.41 bits per heavy atom. The Hall–Kier alpha value is -0.850. The van der Waals surface area contributed by atoms with Crippen molar-refractivity contribution < 1.29 is 0 Å². The lowest BCUT2D eigenvalue weighted by molar-refractivity contribution is 0.343. The second kappa shape index (κ2) is 8.27. The van der Waals surface area contributed by atoms with E-state index in [1.807, 2.05) is 18.5 Å². The van der Waals surface area contributed by atoms with Crippen molar-refractivity contribution in [3.63, 3.8) is 0 Å². The molecule has 1 atom stereocenters. The van der Waals surface area contributed by atoms with Gasteiger partial charge in [0.1, 0.15) is 0 Å². The molecule has 0 aliphatic heterocycles. The predicted octanol–water partition coefficient (Wildman–Crippen LogP) is 4.87. The van der Waals surface area contributed by atoms with Gasteiger partial charge >= 0.3 is 0 Å². The summed E-state index contributed by atoms with van der Waals surface area (Å²) in [6, 6.07) is 4.23. The number of rotatable bonds is 8. The van der Waals surface area contributed by atoms with Crippen molar-refractivity contribution in [1.29, 1.82) is 0 Å². The molecule has 0 aliphatic rings. The number of hydrogen-bond donors (Lipinski definition) is 0. The summed E-state index contributed by atoms with van der Waals surface area (Å²) in [5.74, 6) is 1.71. The summed E-state index contributed by atoms with van der Waals surface area (Å²) >= 11 is 0. The lowest BCUT2D eigenvalue weighted by Gasteiger charge is -2.20. The molecular weight excluding hydrogens is 206 g/mol. The largest absolute Gasteiger partial charge is 0.264 e. The minimum Gasteiger partial charge on any atom is -0.264 e. The molecule has 0 fully saturated rings. The molecule has 0 aliphatic carbocycles. The minimum absolute atomic E-state index is 0.780. The zero-order valence-corrected chi connectivity index (χ0v) is 11.7. The average molecular weight is 233 g/mol. The van der Waals surface area contributed by atoms with Gasteiger partial charge in [0.25, 0.3) is 0 Å². The quantitative estimate of drug-likeness (QED) is 0.624. The summed E-state index contributed by atoms with van der Waals surface area (Å²) in [6.07, 6.45) is 11.8. The van der Waals surface area contributed by atoms with Crippen LogP contribution < -0.4 is 0 Å². The number of pyridine rings is 1. The first-order chi connectivity index (χ1) is 8.26. The first kappa shape index (κ1) is 14.2. The van der Waals surface area contributed by atoms with E-state index in [9.17, 15) is 0 Å². The molecule has 0 saturated heterocycles. The highest BCUT2D eigenvalue weighted by atomic mass is 14.6. The van der Waals surface area contributed by atoms with E-state index >= 15 is 0 Å². The molecule has 1 aromatic heterocycles. The molecule has 1 heterocycles. The Kier molecular flexibility index (Phi) is 6.91. The van der Waals surface area contributed by atoms with Crippen LogP contribution in [0, 0.1) is 11.8 Å². The molecule has 1 heteroatoms. The third-order valence-electron chi connectivity index (χ3n) is 3.44. The fourth-order valence-corrected chi connectivity index (χ4v) is 2.77. The van der Waals surface area contributed by atoms with Gasteiger partial charge < -0.3 is 0 Å². The van der Waals surface area contributed by atoms with Crippen molar-refractivity contribution >= 4 is 0 Å². The predicted molar refractivity (Wildman–Crippen MR) is 75.0 cm³/mol. The Morgan fingerprint density at radius 1 is 1.18 bits per heavy atom. The Balaban J connectivity index is 2.38. The van der Waals surface area contributed by atoms with Crippen LogP contribution in [0.4, 0.5) is 0 Å². The first-order valence-electron chi connectivity index (χ1n) is 7.15. The molecule has 1 nitrogen and oxygen atoms in total. The summed E-state index contributed by atoms with van der Waals surface area (Å²) in [6.45, 7) is 6.98. The highest BCUT2D eigenvalue weighted by Gasteiger charge is 2.12. The molecule has 1 aromatic rings. The van der Waals surface area contributed by atoms with Crippen LogP contribution in [-0.2, 0) is 6.42 Å². The average Bonchev–Trinajstić information content (AvgIpc) is 2.30. The van der Waals surface area contributed by atoms with Gasteiger partial charge in [-0.2, -0.15) is 0 Å². The molecule has 1 unspecified atom stereocenters. The lowest BCUT2D eigenvalue weighted by Crippen LogP contribution is -2.09. The zero-order chi connectivity index (χ0) is 12.5. The Morgan fingerprint density at radius 2 is 1.88 bits per heavy atom. The van der Waals surface area contributed by atoms with Gasteiger partial charge in [0.15, 0.2) is 0 Å². The maximum atomic E-state index is 4.19. The summed E-state index contributed by atoms with van der Waals surface area (Å²) in [5, 5.41) is 0. The monoisotopic (exact) mass is 233 g/mol. The van der Waals surface area contributed by atoms with Crippen LogP contribution in [0.15, 0.2) is 24.5 Å². The van der Waals surface area contributed by atoms with Gasteiger partial charge in [-0.05, 0) is 36.3 Å². The topological polar surface area (TPSA) is 12.9 Å². The van der Waals surface area contributed by atoms with Crippen LogP contribution in [0.5, 0.6) is 0 Å². The van der Waals surface area contributed by atoms with Crippen molar-refractivity contribution in [1.82, 2.24) is 4.98 Å². The number of aromatic nitrogens is 1. The molecule has 0 amide bonds. The van der Waals surface area contributed by atoms with E-state index in [1.54, 1.807) is 0 Å². The van der Waals surface area contributed by atoms with Gasteiger partial charge in [-0.1, -0.05) is 52.5 Å². The van der Waals surface area contributed by atoms with E-state index in [4.69, 9.17) is 0 Å². The van der Waals surface area contributed by atoms with Gasteiger partial charge in [0.2, 0.25) is 0 Å². The summed E-state index contributed by atoms with van der Waals surface area (Å²) in [4.78, 5) is 4.19. The van der Waals surface area contributed by atoms with Crippen LogP contribution >= 0.6 is 0 Å². The highest BCUT2D eigenvalue weighted by molar-refractivity contribution is 5.08.